The predicted octanol–water partition coefficient (Wildman–Crippen LogP) is 3.25. The molecule has 0 aliphatic rings. The van der Waals surface area contributed by atoms with Gasteiger partial charge in [0.25, 0.3) is 0 Å². The molecule has 1 unspecified atom stereocenters. The fourth-order valence-corrected chi connectivity index (χ4v) is 1.78. The third kappa shape index (κ3) is 2.36. The molecule has 0 radical (unpaired) electrons. The minimum Gasteiger partial charge on any atom is -0.375 e. The molecule has 1 heterocycles. The average Bonchev–Trinajstić information content (AvgIpc) is 2.68. The molecular weight excluding hydrogens is 222 g/mol. The highest BCUT2D eigenvalue weighted by molar-refractivity contribution is 6.30. The van der Waals surface area contributed by atoms with Crippen LogP contribution in [0.4, 0.5) is 5.69 Å². The van der Waals surface area contributed by atoms with E-state index in [-0.39, 0.29) is 6.04 Å². The zero-order valence-electron chi connectivity index (χ0n) is 9.31. The van der Waals surface area contributed by atoms with Crippen LogP contribution in [0.3, 0.4) is 0 Å². The molecule has 0 saturated carbocycles. The minimum atomic E-state index is 0.168. The third-order valence-electron chi connectivity index (χ3n) is 2.47. The first-order chi connectivity index (χ1) is 7.66. The first-order valence-electron chi connectivity index (χ1n) is 5.16. The molecule has 2 aromatic rings. The van der Waals surface area contributed by atoms with Crippen LogP contribution in [0.1, 0.15) is 18.8 Å². The van der Waals surface area contributed by atoms with Crippen LogP contribution in [0.2, 0.25) is 5.02 Å². The summed E-state index contributed by atoms with van der Waals surface area (Å²) in [5, 5.41) is 4.12. The maximum atomic E-state index is 5.83. The second-order valence-corrected chi connectivity index (χ2v) is 4.21. The van der Waals surface area contributed by atoms with Gasteiger partial charge in [0.1, 0.15) is 5.82 Å². The molecule has 2 rings (SSSR count). The van der Waals surface area contributed by atoms with Crippen LogP contribution in [0, 0.1) is 0 Å². The molecule has 1 N–H and O–H groups in total. The monoisotopic (exact) mass is 235 g/mol. The number of aryl methyl sites for hydroxylation is 1. The normalized spacial score (nSPS) is 12.4. The van der Waals surface area contributed by atoms with E-state index >= 15 is 0 Å². The number of rotatable bonds is 3. The molecule has 16 heavy (non-hydrogen) atoms. The summed E-state index contributed by atoms with van der Waals surface area (Å²) in [6.07, 6.45) is 3.74. The van der Waals surface area contributed by atoms with Gasteiger partial charge in [0.15, 0.2) is 0 Å². The lowest BCUT2D eigenvalue weighted by Gasteiger charge is -2.15. The quantitative estimate of drug-likeness (QED) is 0.885. The molecule has 0 aliphatic heterocycles. The molecule has 1 aromatic carbocycles. The van der Waals surface area contributed by atoms with Crippen molar-refractivity contribution in [3.8, 4) is 0 Å². The Morgan fingerprint density at radius 3 is 2.56 bits per heavy atom. The van der Waals surface area contributed by atoms with Crippen molar-refractivity contribution in [1.29, 1.82) is 0 Å². The van der Waals surface area contributed by atoms with Gasteiger partial charge in [-0.3, -0.25) is 0 Å². The van der Waals surface area contributed by atoms with Crippen LogP contribution >= 0.6 is 11.6 Å². The van der Waals surface area contributed by atoms with Crippen molar-refractivity contribution < 1.29 is 0 Å². The topological polar surface area (TPSA) is 29.9 Å². The van der Waals surface area contributed by atoms with Crippen molar-refractivity contribution in [1.82, 2.24) is 9.55 Å². The number of nitrogens with one attached hydrogen (secondary N) is 1. The molecule has 0 amide bonds. The summed E-state index contributed by atoms with van der Waals surface area (Å²) in [7, 11) is 1.99. The Kier molecular flexibility index (Phi) is 3.15. The Balaban J connectivity index is 2.10. The summed E-state index contributed by atoms with van der Waals surface area (Å²) in [6.45, 7) is 2.08. The van der Waals surface area contributed by atoms with Crippen LogP contribution in [0.25, 0.3) is 0 Å². The van der Waals surface area contributed by atoms with Crippen LogP contribution in [0.15, 0.2) is 36.7 Å². The number of hydrogen-bond donors (Lipinski definition) is 1. The standard InChI is InChI=1S/C12H14ClN3/c1-9(12-14-7-8-16(12)2)15-11-5-3-10(13)4-6-11/h3-9,15H,1-2H3. The van der Waals surface area contributed by atoms with Crippen molar-refractivity contribution in [2.45, 2.75) is 13.0 Å². The van der Waals surface area contributed by atoms with E-state index in [1.165, 1.54) is 0 Å². The van der Waals surface area contributed by atoms with E-state index in [9.17, 15) is 0 Å². The Labute approximate surface area is 100 Å². The summed E-state index contributed by atoms with van der Waals surface area (Å²) >= 11 is 5.83. The van der Waals surface area contributed by atoms with E-state index in [2.05, 4.69) is 17.2 Å². The van der Waals surface area contributed by atoms with E-state index in [0.29, 0.717) is 0 Å². The van der Waals surface area contributed by atoms with Crippen LogP contribution in [0.5, 0.6) is 0 Å². The van der Waals surface area contributed by atoms with E-state index in [1.807, 2.05) is 42.1 Å². The Bertz CT molecular complexity index is 461. The van der Waals surface area contributed by atoms with E-state index in [4.69, 9.17) is 11.6 Å². The maximum Gasteiger partial charge on any atom is 0.130 e. The third-order valence-corrected chi connectivity index (χ3v) is 2.73. The summed E-state index contributed by atoms with van der Waals surface area (Å²) in [4.78, 5) is 4.30. The maximum absolute atomic E-state index is 5.83. The number of nitrogens with zero attached hydrogens (tertiary/aromatic N) is 2. The first kappa shape index (κ1) is 11.0. The Hall–Kier alpha value is -1.48. The molecule has 4 heteroatoms. The molecule has 84 valence electrons. The molecule has 1 atom stereocenters. The van der Waals surface area contributed by atoms with E-state index < -0.39 is 0 Å². The van der Waals surface area contributed by atoms with Gasteiger partial charge in [-0.1, -0.05) is 11.6 Å². The lowest BCUT2D eigenvalue weighted by Crippen LogP contribution is -2.11. The predicted molar refractivity (Wildman–Crippen MR) is 66.7 cm³/mol. The molecule has 3 nitrogen and oxygen atoms in total. The number of anilines is 1. The largest absolute Gasteiger partial charge is 0.375 e. The average molecular weight is 236 g/mol. The van der Waals surface area contributed by atoms with Gasteiger partial charge in [0, 0.05) is 30.2 Å². The second-order valence-electron chi connectivity index (χ2n) is 3.77. The SMILES string of the molecule is CC(Nc1ccc(Cl)cc1)c1nccn1C. The van der Waals surface area contributed by atoms with E-state index in [1.54, 1.807) is 6.20 Å². The van der Waals surface area contributed by atoms with Crippen molar-refractivity contribution in [3.05, 3.63) is 47.5 Å². The molecular formula is C12H14ClN3. The Morgan fingerprint density at radius 1 is 1.31 bits per heavy atom. The van der Waals surface area contributed by atoms with Crippen molar-refractivity contribution >= 4 is 17.3 Å². The van der Waals surface area contributed by atoms with Gasteiger partial charge in [-0.15, -0.1) is 0 Å². The Morgan fingerprint density at radius 2 is 2.00 bits per heavy atom. The van der Waals surface area contributed by atoms with Crippen LogP contribution < -0.4 is 5.32 Å². The molecule has 0 saturated heterocycles. The number of hydrogen-bond acceptors (Lipinski definition) is 2. The molecule has 0 spiro atoms. The van der Waals surface area contributed by atoms with Gasteiger partial charge in [-0.25, -0.2) is 4.98 Å². The smallest absolute Gasteiger partial charge is 0.130 e. The van der Waals surface area contributed by atoms with Crippen LogP contribution in [-0.2, 0) is 7.05 Å². The summed E-state index contributed by atoms with van der Waals surface area (Å²) < 4.78 is 2.01. The zero-order chi connectivity index (χ0) is 11.5. The van der Waals surface area contributed by atoms with Crippen molar-refractivity contribution in [3.63, 3.8) is 0 Å². The molecule has 0 aliphatic carbocycles. The lowest BCUT2D eigenvalue weighted by atomic mass is 10.2. The highest BCUT2D eigenvalue weighted by Crippen LogP contribution is 2.19. The van der Waals surface area contributed by atoms with Gasteiger partial charge < -0.3 is 9.88 Å². The number of imidazole rings is 1. The van der Waals surface area contributed by atoms with Crippen molar-refractivity contribution in [2.24, 2.45) is 7.05 Å². The van der Waals surface area contributed by atoms with Crippen LogP contribution in [-0.4, -0.2) is 9.55 Å². The minimum absolute atomic E-state index is 0.168. The summed E-state index contributed by atoms with van der Waals surface area (Å²) in [5.41, 5.74) is 1.04. The summed E-state index contributed by atoms with van der Waals surface area (Å²) in [6, 6.07) is 7.83. The van der Waals surface area contributed by atoms with Crippen molar-refractivity contribution in [2.75, 3.05) is 5.32 Å². The van der Waals surface area contributed by atoms with Gasteiger partial charge in [0.2, 0.25) is 0 Å². The highest BCUT2D eigenvalue weighted by Gasteiger charge is 2.09. The van der Waals surface area contributed by atoms with E-state index in [0.717, 1.165) is 16.5 Å². The number of benzene rings is 1. The van der Waals surface area contributed by atoms with Gasteiger partial charge >= 0.3 is 0 Å². The number of aromatic nitrogens is 2. The molecule has 0 bridgehead atoms. The second kappa shape index (κ2) is 4.58. The zero-order valence-corrected chi connectivity index (χ0v) is 10.1. The molecule has 1 aromatic heterocycles. The first-order valence-corrected chi connectivity index (χ1v) is 5.54. The fourth-order valence-electron chi connectivity index (χ4n) is 1.66. The molecule has 0 fully saturated rings. The van der Waals surface area contributed by atoms with Gasteiger partial charge in [0.05, 0.1) is 6.04 Å². The van der Waals surface area contributed by atoms with Gasteiger partial charge in [-0.2, -0.15) is 0 Å². The van der Waals surface area contributed by atoms with Gasteiger partial charge in [-0.05, 0) is 31.2 Å². The lowest BCUT2D eigenvalue weighted by molar-refractivity contribution is 0.722. The number of halogens is 1. The highest BCUT2D eigenvalue weighted by atomic mass is 35.5. The summed E-state index contributed by atoms with van der Waals surface area (Å²) in [5.74, 6) is 1.01. The fraction of sp³-hybridized carbons (Fsp3) is 0.250.